The minimum Gasteiger partial charge on any atom is -0.376 e. The van der Waals surface area contributed by atoms with E-state index in [1.807, 2.05) is 6.07 Å². The topological polar surface area (TPSA) is 32.8 Å². The standard InChI is InChI=1S/C16H21FN2O2/c1-18(2)16(20)12-10-19(14-7-8-21-15(12)14)9-11-5-3-4-6-13(11)17/h3-6,12,14-15H,7-10H2,1-2H3/t12-,14+,15+/m1/s1. The lowest BCUT2D eigenvalue weighted by Crippen LogP contribution is -2.37. The lowest BCUT2D eigenvalue weighted by molar-refractivity contribution is -0.135. The molecule has 2 aliphatic heterocycles. The number of halogens is 1. The molecule has 0 radical (unpaired) electrons. The minimum absolute atomic E-state index is 0.0494. The Morgan fingerprint density at radius 3 is 2.90 bits per heavy atom. The Kier molecular flexibility index (Phi) is 3.95. The molecule has 2 aliphatic rings. The van der Waals surface area contributed by atoms with Crippen molar-refractivity contribution in [2.75, 3.05) is 27.2 Å². The van der Waals surface area contributed by atoms with E-state index in [0.29, 0.717) is 25.3 Å². The quantitative estimate of drug-likeness (QED) is 0.846. The normalized spacial score (nSPS) is 28.6. The summed E-state index contributed by atoms with van der Waals surface area (Å²) in [6.07, 6.45) is 0.864. The lowest BCUT2D eigenvalue weighted by Gasteiger charge is -2.22. The van der Waals surface area contributed by atoms with Gasteiger partial charge in [0, 0.05) is 45.4 Å². The highest BCUT2D eigenvalue weighted by Gasteiger charge is 2.48. The van der Waals surface area contributed by atoms with E-state index in [1.165, 1.54) is 6.07 Å². The van der Waals surface area contributed by atoms with Gasteiger partial charge in [0.25, 0.3) is 0 Å². The van der Waals surface area contributed by atoms with Crippen molar-refractivity contribution < 1.29 is 13.9 Å². The second-order valence-corrected chi connectivity index (χ2v) is 6.05. The molecule has 4 nitrogen and oxygen atoms in total. The molecule has 3 atom stereocenters. The van der Waals surface area contributed by atoms with Crippen LogP contribution in [0.5, 0.6) is 0 Å². The van der Waals surface area contributed by atoms with Crippen LogP contribution in [0.25, 0.3) is 0 Å². The van der Waals surface area contributed by atoms with Crippen molar-refractivity contribution in [3.05, 3.63) is 35.6 Å². The number of hydrogen-bond acceptors (Lipinski definition) is 3. The summed E-state index contributed by atoms with van der Waals surface area (Å²) in [5, 5.41) is 0. The Morgan fingerprint density at radius 2 is 2.19 bits per heavy atom. The van der Waals surface area contributed by atoms with Crippen LogP contribution in [0.2, 0.25) is 0 Å². The summed E-state index contributed by atoms with van der Waals surface area (Å²) >= 11 is 0. The number of fused-ring (bicyclic) bond motifs is 1. The van der Waals surface area contributed by atoms with Crippen LogP contribution in [0.3, 0.4) is 0 Å². The van der Waals surface area contributed by atoms with E-state index in [1.54, 1.807) is 31.1 Å². The number of benzene rings is 1. The summed E-state index contributed by atoms with van der Waals surface area (Å²) in [5.74, 6) is -0.224. The van der Waals surface area contributed by atoms with Crippen LogP contribution < -0.4 is 0 Å². The molecule has 21 heavy (non-hydrogen) atoms. The summed E-state index contributed by atoms with van der Waals surface area (Å²) in [4.78, 5) is 16.1. The molecule has 0 saturated carbocycles. The average Bonchev–Trinajstić information content (AvgIpc) is 3.04. The van der Waals surface area contributed by atoms with Crippen molar-refractivity contribution in [2.45, 2.75) is 25.1 Å². The lowest BCUT2D eigenvalue weighted by atomic mass is 10.0. The van der Waals surface area contributed by atoms with Crippen LogP contribution >= 0.6 is 0 Å². The SMILES string of the molecule is CN(C)C(=O)[C@@H]1CN(Cc2ccccc2F)[C@H]2CCO[C@@H]12. The van der Waals surface area contributed by atoms with Crippen molar-refractivity contribution in [3.8, 4) is 0 Å². The zero-order valence-electron chi connectivity index (χ0n) is 12.5. The van der Waals surface area contributed by atoms with Crippen LogP contribution in [0.4, 0.5) is 4.39 Å². The van der Waals surface area contributed by atoms with Crippen LogP contribution in [-0.4, -0.2) is 55.1 Å². The van der Waals surface area contributed by atoms with Gasteiger partial charge in [-0.25, -0.2) is 4.39 Å². The highest BCUT2D eigenvalue weighted by atomic mass is 19.1. The zero-order chi connectivity index (χ0) is 15.0. The molecule has 0 bridgehead atoms. The third kappa shape index (κ3) is 2.68. The van der Waals surface area contributed by atoms with Crippen molar-refractivity contribution in [2.24, 2.45) is 5.92 Å². The summed E-state index contributed by atoms with van der Waals surface area (Å²) in [7, 11) is 3.54. The number of carbonyl (C=O) groups is 1. The molecule has 2 saturated heterocycles. The fraction of sp³-hybridized carbons (Fsp3) is 0.562. The van der Waals surface area contributed by atoms with Gasteiger partial charge in [-0.1, -0.05) is 18.2 Å². The maximum Gasteiger partial charge on any atom is 0.229 e. The first-order valence-electron chi connectivity index (χ1n) is 7.38. The summed E-state index contributed by atoms with van der Waals surface area (Å²) < 4.78 is 19.6. The largest absolute Gasteiger partial charge is 0.376 e. The van der Waals surface area contributed by atoms with Gasteiger partial charge in [0.15, 0.2) is 0 Å². The molecule has 0 N–H and O–H groups in total. The van der Waals surface area contributed by atoms with E-state index >= 15 is 0 Å². The Morgan fingerprint density at radius 1 is 1.43 bits per heavy atom. The number of ether oxygens (including phenoxy) is 1. The second-order valence-electron chi connectivity index (χ2n) is 6.05. The predicted octanol–water partition coefficient (Wildman–Crippen LogP) is 1.50. The third-order valence-corrected chi connectivity index (χ3v) is 4.49. The van der Waals surface area contributed by atoms with Gasteiger partial charge in [0.2, 0.25) is 5.91 Å². The molecule has 1 aromatic rings. The van der Waals surface area contributed by atoms with Gasteiger partial charge < -0.3 is 9.64 Å². The van der Waals surface area contributed by atoms with Crippen LogP contribution in [0.1, 0.15) is 12.0 Å². The molecule has 5 heteroatoms. The van der Waals surface area contributed by atoms with E-state index in [4.69, 9.17) is 4.74 Å². The van der Waals surface area contributed by atoms with Crippen molar-refractivity contribution in [1.82, 2.24) is 9.80 Å². The van der Waals surface area contributed by atoms with Crippen molar-refractivity contribution in [3.63, 3.8) is 0 Å². The van der Waals surface area contributed by atoms with E-state index in [2.05, 4.69) is 4.90 Å². The van der Waals surface area contributed by atoms with Gasteiger partial charge in [-0.3, -0.25) is 9.69 Å². The Labute approximate surface area is 124 Å². The van der Waals surface area contributed by atoms with Crippen LogP contribution in [0, 0.1) is 11.7 Å². The fourth-order valence-electron chi connectivity index (χ4n) is 3.44. The van der Waals surface area contributed by atoms with E-state index < -0.39 is 0 Å². The number of amides is 1. The van der Waals surface area contributed by atoms with Gasteiger partial charge in [-0.2, -0.15) is 0 Å². The molecule has 1 amide bonds. The first-order chi connectivity index (χ1) is 10.1. The third-order valence-electron chi connectivity index (χ3n) is 4.49. The van der Waals surface area contributed by atoms with E-state index in [9.17, 15) is 9.18 Å². The van der Waals surface area contributed by atoms with Crippen molar-refractivity contribution in [1.29, 1.82) is 0 Å². The van der Waals surface area contributed by atoms with E-state index in [0.717, 1.165) is 6.42 Å². The maximum atomic E-state index is 13.8. The summed E-state index contributed by atoms with van der Waals surface area (Å²) in [5.41, 5.74) is 0.682. The predicted molar refractivity (Wildman–Crippen MR) is 77.1 cm³/mol. The zero-order valence-corrected chi connectivity index (χ0v) is 12.5. The molecular formula is C16H21FN2O2. The number of rotatable bonds is 3. The van der Waals surface area contributed by atoms with E-state index in [-0.39, 0.29) is 29.8 Å². The molecular weight excluding hydrogens is 271 g/mol. The fourth-order valence-corrected chi connectivity index (χ4v) is 3.44. The molecule has 3 rings (SSSR count). The Balaban J connectivity index is 1.78. The highest BCUT2D eigenvalue weighted by Crippen LogP contribution is 2.35. The minimum atomic E-state index is -0.185. The molecule has 114 valence electrons. The van der Waals surface area contributed by atoms with Crippen LogP contribution in [0.15, 0.2) is 24.3 Å². The smallest absolute Gasteiger partial charge is 0.229 e. The number of nitrogens with zero attached hydrogens (tertiary/aromatic N) is 2. The molecule has 0 unspecified atom stereocenters. The average molecular weight is 292 g/mol. The van der Waals surface area contributed by atoms with Gasteiger partial charge in [-0.15, -0.1) is 0 Å². The molecule has 2 fully saturated rings. The molecule has 0 aromatic heterocycles. The Bertz CT molecular complexity index is 535. The van der Waals surface area contributed by atoms with Gasteiger partial charge in [0.05, 0.1) is 12.0 Å². The maximum absolute atomic E-state index is 13.8. The van der Waals surface area contributed by atoms with Crippen molar-refractivity contribution >= 4 is 5.91 Å². The molecule has 2 heterocycles. The molecule has 0 aliphatic carbocycles. The highest BCUT2D eigenvalue weighted by molar-refractivity contribution is 5.79. The summed E-state index contributed by atoms with van der Waals surface area (Å²) in [6, 6.07) is 7.05. The van der Waals surface area contributed by atoms with Gasteiger partial charge in [0.1, 0.15) is 5.82 Å². The first kappa shape index (κ1) is 14.5. The molecule has 0 spiro atoms. The number of likely N-dealkylation sites (tertiary alicyclic amines) is 1. The first-order valence-corrected chi connectivity index (χ1v) is 7.38. The second kappa shape index (κ2) is 5.73. The Hall–Kier alpha value is -1.46. The molecule has 1 aromatic carbocycles. The monoisotopic (exact) mass is 292 g/mol. The van der Waals surface area contributed by atoms with Gasteiger partial charge >= 0.3 is 0 Å². The van der Waals surface area contributed by atoms with Gasteiger partial charge in [-0.05, 0) is 12.5 Å². The van der Waals surface area contributed by atoms with Crippen LogP contribution in [-0.2, 0) is 16.1 Å². The number of carbonyl (C=O) groups excluding carboxylic acids is 1. The summed E-state index contributed by atoms with van der Waals surface area (Å²) in [6.45, 7) is 1.86. The number of hydrogen-bond donors (Lipinski definition) is 0.